The van der Waals surface area contributed by atoms with Crippen molar-refractivity contribution >= 4 is 30.8 Å². The molecule has 0 saturated carbocycles. The van der Waals surface area contributed by atoms with E-state index in [1.807, 2.05) is 0 Å². The summed E-state index contributed by atoms with van der Waals surface area (Å²) >= 11 is 11.7. The Morgan fingerprint density at radius 2 is 1.74 bits per heavy atom. The third kappa shape index (κ3) is 3.52. The standard InChI is InChI=1S/C12H17Cl2O4P/c1-4-17-19(16,18-5-2)12(3,15)9-6-7-10(13)11(14)8-9/h6-8,15H,4-5H2,1-3H3/t12-/m1/s1. The second-order valence-corrected chi connectivity index (χ2v) is 7.18. The maximum atomic E-state index is 12.7. The molecule has 0 fully saturated rings. The van der Waals surface area contributed by atoms with Gasteiger partial charge in [-0.2, -0.15) is 0 Å². The Hall–Kier alpha value is -0.0900. The zero-order valence-electron chi connectivity index (χ0n) is 11.0. The van der Waals surface area contributed by atoms with Crippen LogP contribution in [0.2, 0.25) is 10.0 Å². The first kappa shape index (κ1) is 17.0. The molecule has 0 aromatic heterocycles. The van der Waals surface area contributed by atoms with Gasteiger partial charge in [0.05, 0.1) is 23.3 Å². The van der Waals surface area contributed by atoms with Gasteiger partial charge in [-0.15, -0.1) is 0 Å². The molecule has 1 aromatic rings. The summed E-state index contributed by atoms with van der Waals surface area (Å²) in [6.45, 7) is 5.05. The molecule has 0 aliphatic heterocycles. The highest BCUT2D eigenvalue weighted by Gasteiger charge is 2.47. The Kier molecular flexibility index (Phi) is 5.87. The third-order valence-corrected chi connectivity index (χ3v) is 5.86. The van der Waals surface area contributed by atoms with Gasteiger partial charge < -0.3 is 14.2 Å². The molecule has 0 bridgehead atoms. The van der Waals surface area contributed by atoms with Crippen LogP contribution in [0.15, 0.2) is 18.2 Å². The molecule has 1 atom stereocenters. The molecule has 0 aliphatic rings. The normalized spacial score (nSPS) is 15.3. The van der Waals surface area contributed by atoms with Gasteiger partial charge >= 0.3 is 7.60 Å². The third-order valence-electron chi connectivity index (χ3n) is 2.60. The summed E-state index contributed by atoms with van der Waals surface area (Å²) in [5.41, 5.74) is 0.326. The van der Waals surface area contributed by atoms with Crippen molar-refractivity contribution in [1.82, 2.24) is 0 Å². The second kappa shape index (κ2) is 6.57. The fraction of sp³-hybridized carbons (Fsp3) is 0.500. The molecular weight excluding hydrogens is 310 g/mol. The largest absolute Gasteiger partial charge is 0.373 e. The molecule has 1 N–H and O–H groups in total. The van der Waals surface area contributed by atoms with Gasteiger partial charge in [0.15, 0.2) is 5.34 Å². The van der Waals surface area contributed by atoms with Crippen LogP contribution < -0.4 is 0 Å². The van der Waals surface area contributed by atoms with E-state index < -0.39 is 12.9 Å². The number of hydrogen-bond acceptors (Lipinski definition) is 4. The van der Waals surface area contributed by atoms with Gasteiger partial charge in [-0.05, 0) is 38.5 Å². The average Bonchev–Trinajstić information content (AvgIpc) is 2.33. The van der Waals surface area contributed by atoms with E-state index in [9.17, 15) is 9.67 Å². The summed E-state index contributed by atoms with van der Waals surface area (Å²) in [5, 5.41) is 9.38. The first-order chi connectivity index (χ1) is 8.78. The quantitative estimate of drug-likeness (QED) is 0.786. The average molecular weight is 327 g/mol. The Morgan fingerprint density at radius 1 is 1.21 bits per heavy atom. The molecule has 0 radical (unpaired) electrons. The van der Waals surface area contributed by atoms with Crippen LogP contribution in [-0.2, 0) is 19.0 Å². The molecule has 1 rings (SSSR count). The minimum Gasteiger partial charge on any atom is -0.373 e. The lowest BCUT2D eigenvalue weighted by molar-refractivity contribution is 0.0802. The maximum Gasteiger partial charge on any atom is 0.366 e. The van der Waals surface area contributed by atoms with Crippen LogP contribution in [0.4, 0.5) is 0 Å². The van der Waals surface area contributed by atoms with Crippen LogP contribution in [0.5, 0.6) is 0 Å². The molecule has 0 saturated heterocycles. The second-order valence-electron chi connectivity index (χ2n) is 3.98. The molecule has 0 aliphatic carbocycles. The zero-order chi connectivity index (χ0) is 14.7. The van der Waals surface area contributed by atoms with E-state index in [0.717, 1.165) is 0 Å². The number of hydrogen-bond donors (Lipinski definition) is 1. The summed E-state index contributed by atoms with van der Waals surface area (Å²) in [7, 11) is -3.73. The topological polar surface area (TPSA) is 55.8 Å². The molecular formula is C12H17Cl2O4P. The van der Waals surface area contributed by atoms with Gasteiger partial charge in [-0.25, -0.2) is 0 Å². The predicted octanol–water partition coefficient (Wildman–Crippen LogP) is 4.42. The van der Waals surface area contributed by atoms with E-state index >= 15 is 0 Å². The van der Waals surface area contributed by atoms with E-state index in [1.165, 1.54) is 19.1 Å². The molecule has 19 heavy (non-hydrogen) atoms. The summed E-state index contributed by atoms with van der Waals surface area (Å²) in [6, 6.07) is 4.52. The van der Waals surface area contributed by atoms with Gasteiger partial charge in [0.2, 0.25) is 0 Å². The summed E-state index contributed by atoms with van der Waals surface area (Å²) in [5.74, 6) is 0. The van der Waals surface area contributed by atoms with Gasteiger partial charge in [0.25, 0.3) is 0 Å². The minimum absolute atomic E-state index is 0.161. The molecule has 108 valence electrons. The summed E-state index contributed by atoms with van der Waals surface area (Å²) in [4.78, 5) is 0. The number of halogens is 2. The van der Waals surface area contributed by atoms with Crippen LogP contribution in [-0.4, -0.2) is 18.3 Å². The monoisotopic (exact) mass is 326 g/mol. The van der Waals surface area contributed by atoms with Crippen LogP contribution in [0.3, 0.4) is 0 Å². The van der Waals surface area contributed by atoms with Gasteiger partial charge in [-0.1, -0.05) is 29.3 Å². The van der Waals surface area contributed by atoms with Crippen LogP contribution in [0.25, 0.3) is 0 Å². The SMILES string of the molecule is CCOP(=O)(OCC)[C@@](C)(O)c1ccc(Cl)c(Cl)c1. The van der Waals surface area contributed by atoms with Crippen LogP contribution >= 0.6 is 30.8 Å². The van der Waals surface area contributed by atoms with Gasteiger partial charge in [0.1, 0.15) is 0 Å². The Bertz CT molecular complexity index is 481. The molecule has 1 aromatic carbocycles. The highest BCUT2D eigenvalue weighted by atomic mass is 35.5. The minimum atomic E-state index is -3.73. The first-order valence-corrected chi connectivity index (χ1v) is 8.15. The lowest BCUT2D eigenvalue weighted by Gasteiger charge is -2.31. The molecule has 0 spiro atoms. The van der Waals surface area contributed by atoms with Crippen molar-refractivity contribution < 1.29 is 18.7 Å². The number of rotatable bonds is 6. The highest BCUT2D eigenvalue weighted by Crippen LogP contribution is 2.63. The lowest BCUT2D eigenvalue weighted by atomic mass is 10.1. The number of benzene rings is 1. The van der Waals surface area contributed by atoms with Gasteiger partial charge in [0, 0.05) is 0 Å². The highest BCUT2D eigenvalue weighted by molar-refractivity contribution is 7.54. The van der Waals surface area contributed by atoms with E-state index in [2.05, 4.69) is 0 Å². The molecule has 0 amide bonds. The first-order valence-electron chi connectivity index (χ1n) is 5.85. The van der Waals surface area contributed by atoms with Crippen molar-refractivity contribution in [3.8, 4) is 0 Å². The lowest BCUT2D eigenvalue weighted by Crippen LogP contribution is -2.24. The van der Waals surface area contributed by atoms with Crippen molar-refractivity contribution in [3.63, 3.8) is 0 Å². The van der Waals surface area contributed by atoms with Gasteiger partial charge in [-0.3, -0.25) is 4.57 Å². The van der Waals surface area contributed by atoms with Crippen LogP contribution in [0, 0.1) is 0 Å². The molecule has 4 nitrogen and oxygen atoms in total. The van der Waals surface area contributed by atoms with E-state index in [4.69, 9.17) is 32.2 Å². The smallest absolute Gasteiger partial charge is 0.366 e. The van der Waals surface area contributed by atoms with Crippen molar-refractivity contribution in [1.29, 1.82) is 0 Å². The Labute approximate surface area is 123 Å². The number of aliphatic hydroxyl groups is 1. The van der Waals surface area contributed by atoms with Crippen molar-refractivity contribution in [2.75, 3.05) is 13.2 Å². The molecule has 0 heterocycles. The fourth-order valence-corrected chi connectivity index (χ4v) is 3.59. The van der Waals surface area contributed by atoms with E-state index in [1.54, 1.807) is 19.9 Å². The van der Waals surface area contributed by atoms with Crippen molar-refractivity contribution in [3.05, 3.63) is 33.8 Å². The molecule has 0 unspecified atom stereocenters. The summed E-state index contributed by atoms with van der Waals surface area (Å²) in [6.07, 6.45) is 0. The van der Waals surface area contributed by atoms with Crippen LogP contribution in [0.1, 0.15) is 26.3 Å². The maximum absolute atomic E-state index is 12.7. The fourth-order valence-electron chi connectivity index (χ4n) is 1.58. The van der Waals surface area contributed by atoms with Crippen molar-refractivity contribution in [2.45, 2.75) is 26.1 Å². The summed E-state index contributed by atoms with van der Waals surface area (Å²) < 4.78 is 23.0. The predicted molar refractivity (Wildman–Crippen MR) is 76.9 cm³/mol. The zero-order valence-corrected chi connectivity index (χ0v) is 13.4. The Morgan fingerprint density at radius 3 is 2.16 bits per heavy atom. The van der Waals surface area contributed by atoms with E-state index in [-0.39, 0.29) is 18.2 Å². The van der Waals surface area contributed by atoms with E-state index in [0.29, 0.717) is 10.6 Å². The van der Waals surface area contributed by atoms with Crippen molar-refractivity contribution in [2.24, 2.45) is 0 Å². The Balaban J connectivity index is 3.25. The molecule has 7 heteroatoms.